The molecule has 0 aromatic rings. The van der Waals surface area contributed by atoms with Gasteiger partial charge in [-0.05, 0) is 18.6 Å². The van der Waals surface area contributed by atoms with Crippen molar-refractivity contribution in [2.45, 2.75) is 25.8 Å². The molecule has 0 aliphatic heterocycles. The molecule has 0 spiro atoms. The van der Waals surface area contributed by atoms with E-state index in [2.05, 4.69) is 22.3 Å². The summed E-state index contributed by atoms with van der Waals surface area (Å²) in [6, 6.07) is -0.475. The number of amides is 1. The van der Waals surface area contributed by atoms with Gasteiger partial charge in [0.25, 0.3) is 0 Å². The Kier molecular flexibility index (Phi) is 5.36. The first-order chi connectivity index (χ1) is 5.61. The molecule has 0 aliphatic rings. The average Bonchev–Trinajstić information content (AvgIpc) is 2.03. The fourth-order valence-corrected chi connectivity index (χ4v) is 0.924. The summed E-state index contributed by atoms with van der Waals surface area (Å²) < 4.78 is 4.36. The average molecular weight is 191 g/mol. The minimum absolute atomic E-state index is 0.206. The lowest BCUT2D eigenvalue weighted by atomic mass is 10.2. The van der Waals surface area contributed by atoms with Crippen molar-refractivity contribution in [2.24, 2.45) is 0 Å². The predicted molar refractivity (Wildman–Crippen MR) is 49.5 cm³/mol. The standard InChI is InChI=1S/C7H13NO3S/c1-3-4-5(6(9)12)8-7(10)11-2/h5H,3-4H2,1-2H3,(H,8,10)(H,9,12). The monoisotopic (exact) mass is 191 g/mol. The summed E-state index contributed by atoms with van der Waals surface area (Å²) in [6.07, 6.45) is 0.865. The van der Waals surface area contributed by atoms with Gasteiger partial charge in [-0.3, -0.25) is 0 Å². The Bertz CT molecular complexity index is 170. The number of methoxy groups -OCH3 is 1. The number of thiocarbonyl (C=S) groups is 1. The summed E-state index contributed by atoms with van der Waals surface area (Å²) in [4.78, 5) is 10.7. The molecule has 0 aliphatic carbocycles. The van der Waals surface area contributed by atoms with Crippen LogP contribution in [0.4, 0.5) is 4.79 Å². The molecule has 70 valence electrons. The number of alkyl carbamates (subject to hydrolysis) is 1. The number of hydrogen-bond acceptors (Lipinski definition) is 3. The maximum atomic E-state index is 10.7. The number of nitrogens with one attached hydrogen (secondary N) is 1. The highest BCUT2D eigenvalue weighted by atomic mass is 32.1. The summed E-state index contributed by atoms with van der Waals surface area (Å²) in [5, 5.41) is 11.2. The Morgan fingerprint density at radius 1 is 1.75 bits per heavy atom. The van der Waals surface area contributed by atoms with Gasteiger partial charge >= 0.3 is 6.09 Å². The van der Waals surface area contributed by atoms with E-state index in [0.717, 1.165) is 6.42 Å². The Labute approximate surface area is 76.9 Å². The molecular formula is C7H13NO3S. The molecule has 4 nitrogen and oxygen atoms in total. The van der Waals surface area contributed by atoms with Crippen molar-refractivity contribution < 1.29 is 14.6 Å². The van der Waals surface area contributed by atoms with E-state index >= 15 is 0 Å². The third-order valence-corrected chi connectivity index (χ3v) is 1.64. The van der Waals surface area contributed by atoms with Crippen molar-refractivity contribution in [1.29, 1.82) is 0 Å². The first-order valence-corrected chi connectivity index (χ1v) is 4.10. The number of aliphatic hydroxyl groups excluding tert-OH is 1. The molecule has 12 heavy (non-hydrogen) atoms. The fourth-order valence-electron chi connectivity index (χ4n) is 0.747. The van der Waals surface area contributed by atoms with Crippen LogP contribution in [0.1, 0.15) is 19.8 Å². The number of hydrogen-bond donors (Lipinski definition) is 2. The molecule has 0 rings (SSSR count). The van der Waals surface area contributed by atoms with Crippen LogP contribution >= 0.6 is 12.2 Å². The Morgan fingerprint density at radius 2 is 2.33 bits per heavy atom. The van der Waals surface area contributed by atoms with Crippen LogP contribution in [0, 0.1) is 0 Å². The van der Waals surface area contributed by atoms with Gasteiger partial charge in [0, 0.05) is 0 Å². The van der Waals surface area contributed by atoms with E-state index in [1.165, 1.54) is 7.11 Å². The number of carbonyl (C=O) groups excluding carboxylic acids is 1. The van der Waals surface area contributed by atoms with Gasteiger partial charge in [0.1, 0.15) is 6.04 Å². The lowest BCUT2D eigenvalue weighted by molar-refractivity contribution is 0.168. The van der Waals surface area contributed by atoms with Crippen LogP contribution in [0.3, 0.4) is 0 Å². The molecule has 2 N–H and O–H groups in total. The molecule has 0 saturated heterocycles. The quantitative estimate of drug-likeness (QED) is 0.659. The number of ether oxygens (including phenoxy) is 1. The van der Waals surface area contributed by atoms with Gasteiger partial charge in [-0.1, -0.05) is 13.3 Å². The maximum Gasteiger partial charge on any atom is 0.407 e. The van der Waals surface area contributed by atoms with Crippen molar-refractivity contribution in [3.63, 3.8) is 0 Å². The SMILES string of the molecule is CCCC(NC(=O)OC)C(O)=S. The molecule has 0 bridgehead atoms. The van der Waals surface area contributed by atoms with Crippen LogP contribution in [-0.4, -0.2) is 29.4 Å². The zero-order chi connectivity index (χ0) is 9.56. The third kappa shape index (κ3) is 4.12. The van der Waals surface area contributed by atoms with Crippen molar-refractivity contribution in [3.8, 4) is 0 Å². The molecule has 0 aromatic carbocycles. The zero-order valence-electron chi connectivity index (χ0n) is 7.16. The van der Waals surface area contributed by atoms with Crippen molar-refractivity contribution in [2.75, 3.05) is 7.11 Å². The summed E-state index contributed by atoms with van der Waals surface area (Å²) in [6.45, 7) is 1.93. The Morgan fingerprint density at radius 3 is 2.67 bits per heavy atom. The van der Waals surface area contributed by atoms with E-state index in [-0.39, 0.29) is 5.05 Å². The van der Waals surface area contributed by atoms with Gasteiger partial charge in [0.2, 0.25) is 0 Å². The topological polar surface area (TPSA) is 58.6 Å². The van der Waals surface area contributed by atoms with Crippen molar-refractivity contribution in [1.82, 2.24) is 5.32 Å². The zero-order valence-corrected chi connectivity index (χ0v) is 7.98. The molecule has 5 heteroatoms. The molecule has 1 unspecified atom stereocenters. The summed E-state index contributed by atoms with van der Waals surface area (Å²) in [5.74, 6) is 0. The van der Waals surface area contributed by atoms with Gasteiger partial charge in [-0.2, -0.15) is 0 Å². The molecule has 0 saturated carbocycles. The Hall–Kier alpha value is -0.840. The van der Waals surface area contributed by atoms with E-state index in [0.29, 0.717) is 6.42 Å². The number of carbonyl (C=O) groups is 1. The smallest absolute Gasteiger partial charge is 0.407 e. The van der Waals surface area contributed by atoms with E-state index in [9.17, 15) is 4.79 Å². The second-order valence-corrected chi connectivity index (χ2v) is 2.73. The second-order valence-electron chi connectivity index (χ2n) is 2.32. The molecule has 0 heterocycles. The highest BCUT2D eigenvalue weighted by Crippen LogP contribution is 1.98. The Balaban J connectivity index is 3.95. The first-order valence-electron chi connectivity index (χ1n) is 3.69. The first kappa shape index (κ1) is 11.2. The van der Waals surface area contributed by atoms with E-state index < -0.39 is 12.1 Å². The van der Waals surface area contributed by atoms with Gasteiger partial charge in [-0.15, -0.1) is 0 Å². The normalized spacial score (nSPS) is 11.8. The fraction of sp³-hybridized carbons (Fsp3) is 0.714. The van der Waals surface area contributed by atoms with Gasteiger partial charge in [-0.25, -0.2) is 4.79 Å². The summed E-state index contributed by atoms with van der Waals surface area (Å²) in [7, 11) is 1.26. The third-order valence-electron chi connectivity index (χ3n) is 1.35. The number of aliphatic hydroxyl groups is 1. The largest absolute Gasteiger partial charge is 0.500 e. The molecular weight excluding hydrogens is 178 g/mol. The maximum absolute atomic E-state index is 10.7. The lowest BCUT2D eigenvalue weighted by Gasteiger charge is -2.13. The van der Waals surface area contributed by atoms with Gasteiger partial charge in [0.05, 0.1) is 7.11 Å². The highest BCUT2D eigenvalue weighted by Gasteiger charge is 2.14. The highest BCUT2D eigenvalue weighted by molar-refractivity contribution is 7.80. The molecule has 0 radical (unpaired) electrons. The van der Waals surface area contributed by atoms with E-state index in [4.69, 9.17) is 5.11 Å². The minimum Gasteiger partial charge on any atom is -0.500 e. The molecule has 1 atom stereocenters. The molecule has 1 amide bonds. The van der Waals surface area contributed by atoms with Crippen LogP contribution in [-0.2, 0) is 4.74 Å². The van der Waals surface area contributed by atoms with Crippen LogP contribution in [0.15, 0.2) is 0 Å². The van der Waals surface area contributed by atoms with Crippen molar-refractivity contribution in [3.05, 3.63) is 0 Å². The van der Waals surface area contributed by atoms with Crippen LogP contribution in [0.2, 0.25) is 0 Å². The van der Waals surface area contributed by atoms with Crippen molar-refractivity contribution >= 4 is 23.4 Å². The lowest BCUT2D eigenvalue weighted by Crippen LogP contribution is -2.39. The minimum atomic E-state index is -0.579. The second kappa shape index (κ2) is 5.77. The van der Waals surface area contributed by atoms with E-state index in [1.54, 1.807) is 0 Å². The van der Waals surface area contributed by atoms with Gasteiger partial charge in [0.15, 0.2) is 5.05 Å². The van der Waals surface area contributed by atoms with Crippen LogP contribution < -0.4 is 5.32 Å². The van der Waals surface area contributed by atoms with E-state index in [1.807, 2.05) is 6.92 Å². The van der Waals surface area contributed by atoms with Gasteiger partial charge < -0.3 is 15.2 Å². The van der Waals surface area contributed by atoms with Crippen LogP contribution in [0.5, 0.6) is 0 Å². The molecule has 0 fully saturated rings. The number of rotatable bonds is 4. The summed E-state index contributed by atoms with van der Waals surface area (Å²) in [5.41, 5.74) is 0. The predicted octanol–water partition coefficient (Wildman–Crippen LogP) is 1.40. The molecule has 0 aromatic heterocycles. The summed E-state index contributed by atoms with van der Waals surface area (Å²) >= 11 is 4.53. The van der Waals surface area contributed by atoms with Crippen LogP contribution in [0.25, 0.3) is 0 Å².